The molecule has 2 fully saturated rings. The number of anilines is 1. The van der Waals surface area contributed by atoms with Gasteiger partial charge in [-0.15, -0.1) is 0 Å². The van der Waals surface area contributed by atoms with Crippen molar-refractivity contribution in [2.75, 3.05) is 18.0 Å². The van der Waals surface area contributed by atoms with Crippen molar-refractivity contribution in [1.29, 1.82) is 0 Å². The lowest BCUT2D eigenvalue weighted by atomic mass is 9.75. The van der Waals surface area contributed by atoms with Gasteiger partial charge in [0, 0.05) is 18.8 Å². The highest BCUT2D eigenvalue weighted by molar-refractivity contribution is 7.80. The number of nitrogens with two attached hydrogens (primary N) is 1. The molecule has 1 aliphatic carbocycles. The number of thiocarbonyl (C=S) groups is 1. The summed E-state index contributed by atoms with van der Waals surface area (Å²) in [5.74, 6) is 2.76. The van der Waals surface area contributed by atoms with Gasteiger partial charge in [0.2, 0.25) is 0 Å². The van der Waals surface area contributed by atoms with Gasteiger partial charge < -0.3 is 10.6 Å². The summed E-state index contributed by atoms with van der Waals surface area (Å²) in [6, 6.07) is 4.01. The first-order valence-electron chi connectivity index (χ1n) is 7.67. The Morgan fingerprint density at radius 1 is 1.25 bits per heavy atom. The predicted octanol–water partition coefficient (Wildman–Crippen LogP) is 3.04. The number of nitrogens with zero attached hydrogens (tertiary/aromatic N) is 2. The van der Waals surface area contributed by atoms with E-state index in [1.807, 2.05) is 19.1 Å². The highest BCUT2D eigenvalue weighted by atomic mass is 32.1. The molecule has 1 aliphatic heterocycles. The molecule has 4 heteroatoms. The number of aryl methyl sites for hydroxylation is 1. The fourth-order valence-electron chi connectivity index (χ4n) is 3.77. The third-order valence-electron chi connectivity index (χ3n) is 4.87. The Labute approximate surface area is 126 Å². The number of rotatable bonds is 2. The fourth-order valence-corrected chi connectivity index (χ4v) is 3.93. The first-order chi connectivity index (χ1) is 9.65. The molecule has 20 heavy (non-hydrogen) atoms. The molecular weight excluding hydrogens is 266 g/mol. The molecular formula is C16H23N3S. The van der Waals surface area contributed by atoms with Crippen molar-refractivity contribution in [3.8, 4) is 0 Å². The number of pyridine rings is 1. The molecule has 0 bridgehead atoms. The zero-order chi connectivity index (χ0) is 14.1. The summed E-state index contributed by atoms with van der Waals surface area (Å²) in [6.45, 7) is 4.24. The number of aromatic nitrogens is 1. The Balaban J connectivity index is 1.85. The lowest BCUT2D eigenvalue weighted by Crippen LogP contribution is -2.43. The summed E-state index contributed by atoms with van der Waals surface area (Å²) in [4.78, 5) is 7.58. The van der Waals surface area contributed by atoms with Gasteiger partial charge in [0.1, 0.15) is 10.8 Å². The van der Waals surface area contributed by atoms with Gasteiger partial charge in [-0.2, -0.15) is 0 Å². The van der Waals surface area contributed by atoms with E-state index >= 15 is 0 Å². The fraction of sp³-hybridized carbons (Fsp3) is 0.625. The van der Waals surface area contributed by atoms with Crippen molar-refractivity contribution in [2.24, 2.45) is 17.6 Å². The van der Waals surface area contributed by atoms with Crippen molar-refractivity contribution in [3.63, 3.8) is 0 Å². The van der Waals surface area contributed by atoms with Gasteiger partial charge in [0.15, 0.2) is 0 Å². The molecule has 108 valence electrons. The molecule has 1 aromatic rings. The van der Waals surface area contributed by atoms with Crippen LogP contribution in [0.4, 0.5) is 5.82 Å². The van der Waals surface area contributed by atoms with Gasteiger partial charge >= 0.3 is 0 Å². The topological polar surface area (TPSA) is 42.1 Å². The van der Waals surface area contributed by atoms with Crippen molar-refractivity contribution in [1.82, 2.24) is 4.98 Å². The highest BCUT2D eigenvalue weighted by Gasteiger charge is 2.32. The Bertz CT molecular complexity index is 514. The molecule has 0 spiro atoms. The lowest BCUT2D eigenvalue weighted by molar-refractivity contribution is 0.202. The van der Waals surface area contributed by atoms with Crippen LogP contribution >= 0.6 is 12.2 Å². The summed E-state index contributed by atoms with van der Waals surface area (Å²) in [7, 11) is 0. The van der Waals surface area contributed by atoms with Crippen molar-refractivity contribution >= 4 is 23.0 Å². The Hall–Kier alpha value is -1.16. The molecule has 0 amide bonds. The van der Waals surface area contributed by atoms with Crippen LogP contribution in [0.1, 0.15) is 43.4 Å². The molecule has 2 N–H and O–H groups in total. The largest absolute Gasteiger partial charge is 0.389 e. The number of hydrogen-bond acceptors (Lipinski definition) is 3. The molecule has 1 saturated heterocycles. The normalized spacial score (nSPS) is 26.1. The van der Waals surface area contributed by atoms with Crippen molar-refractivity contribution in [2.45, 2.75) is 39.0 Å². The van der Waals surface area contributed by atoms with Crippen LogP contribution in [0.3, 0.4) is 0 Å². The molecule has 0 radical (unpaired) electrons. The van der Waals surface area contributed by atoms with Gasteiger partial charge in [0.05, 0.1) is 5.56 Å². The van der Waals surface area contributed by atoms with Gasteiger partial charge in [-0.1, -0.05) is 31.5 Å². The first-order valence-corrected chi connectivity index (χ1v) is 8.08. The Morgan fingerprint density at radius 2 is 2.00 bits per heavy atom. The monoisotopic (exact) mass is 289 g/mol. The van der Waals surface area contributed by atoms with E-state index in [2.05, 4.69) is 4.90 Å². The minimum atomic E-state index is 0.457. The number of hydrogen-bond donors (Lipinski definition) is 1. The summed E-state index contributed by atoms with van der Waals surface area (Å²) in [5, 5.41) is 0. The molecule has 2 unspecified atom stereocenters. The second-order valence-electron chi connectivity index (χ2n) is 6.23. The maximum atomic E-state index is 5.87. The smallest absolute Gasteiger partial charge is 0.139 e. The second kappa shape index (κ2) is 5.68. The second-order valence-corrected chi connectivity index (χ2v) is 6.67. The summed E-state index contributed by atoms with van der Waals surface area (Å²) in [6.07, 6.45) is 6.88. The van der Waals surface area contributed by atoms with E-state index < -0.39 is 0 Å². The minimum absolute atomic E-state index is 0.457. The van der Waals surface area contributed by atoms with Crippen LogP contribution in [0.2, 0.25) is 0 Å². The van der Waals surface area contributed by atoms with Crippen LogP contribution in [0.15, 0.2) is 12.1 Å². The van der Waals surface area contributed by atoms with Crippen LogP contribution in [0, 0.1) is 18.8 Å². The van der Waals surface area contributed by atoms with Gasteiger partial charge in [-0.3, -0.25) is 0 Å². The summed E-state index contributed by atoms with van der Waals surface area (Å²) < 4.78 is 0. The quantitative estimate of drug-likeness (QED) is 0.850. The van der Waals surface area contributed by atoms with Gasteiger partial charge in [0.25, 0.3) is 0 Å². The van der Waals surface area contributed by atoms with Gasteiger partial charge in [-0.05, 0) is 43.7 Å². The zero-order valence-corrected chi connectivity index (χ0v) is 13.0. The van der Waals surface area contributed by atoms with Gasteiger partial charge in [-0.25, -0.2) is 4.98 Å². The van der Waals surface area contributed by atoms with E-state index in [9.17, 15) is 0 Å². The molecule has 1 saturated carbocycles. The Kier molecular flexibility index (Phi) is 3.92. The minimum Gasteiger partial charge on any atom is -0.389 e. The summed E-state index contributed by atoms with van der Waals surface area (Å²) >= 11 is 5.19. The van der Waals surface area contributed by atoms with E-state index in [1.54, 1.807) is 0 Å². The van der Waals surface area contributed by atoms with Crippen LogP contribution in [-0.4, -0.2) is 23.1 Å². The van der Waals surface area contributed by atoms with Crippen LogP contribution in [0.25, 0.3) is 0 Å². The molecule has 0 aromatic carbocycles. The van der Waals surface area contributed by atoms with Crippen LogP contribution in [0.5, 0.6) is 0 Å². The van der Waals surface area contributed by atoms with E-state index in [4.69, 9.17) is 22.9 Å². The standard InChI is InChI=1S/C16H23N3S/c1-11-6-7-14(15(17)20)16(18-11)19-9-8-12-4-2-3-5-13(12)10-19/h6-7,12-13H,2-5,8-10H2,1H3,(H2,17,20). The third kappa shape index (κ3) is 2.66. The lowest BCUT2D eigenvalue weighted by Gasteiger charge is -2.42. The number of piperidine rings is 1. The van der Waals surface area contributed by atoms with Crippen molar-refractivity contribution < 1.29 is 0 Å². The van der Waals surface area contributed by atoms with Crippen LogP contribution in [-0.2, 0) is 0 Å². The predicted molar refractivity (Wildman–Crippen MR) is 87.1 cm³/mol. The first kappa shape index (κ1) is 13.8. The van der Waals surface area contributed by atoms with E-state index in [0.717, 1.165) is 42.0 Å². The Morgan fingerprint density at radius 3 is 2.75 bits per heavy atom. The average Bonchev–Trinajstić information content (AvgIpc) is 2.46. The third-order valence-corrected chi connectivity index (χ3v) is 5.09. The molecule has 2 aliphatic rings. The SMILES string of the molecule is Cc1ccc(C(N)=S)c(N2CCC3CCCCC3C2)n1. The molecule has 3 rings (SSSR count). The van der Waals surface area contributed by atoms with E-state index in [1.165, 1.54) is 32.1 Å². The number of fused-ring (bicyclic) bond motifs is 1. The molecule has 2 heterocycles. The van der Waals surface area contributed by atoms with Crippen LogP contribution < -0.4 is 10.6 Å². The highest BCUT2D eigenvalue weighted by Crippen LogP contribution is 2.37. The molecule has 1 aromatic heterocycles. The molecule has 2 atom stereocenters. The maximum absolute atomic E-state index is 5.87. The van der Waals surface area contributed by atoms with Crippen molar-refractivity contribution in [3.05, 3.63) is 23.4 Å². The average molecular weight is 289 g/mol. The summed E-state index contributed by atoms with van der Waals surface area (Å²) in [5.41, 5.74) is 7.83. The van der Waals surface area contributed by atoms with E-state index in [-0.39, 0.29) is 0 Å². The zero-order valence-electron chi connectivity index (χ0n) is 12.1. The maximum Gasteiger partial charge on any atom is 0.139 e. The van der Waals surface area contributed by atoms with E-state index in [0.29, 0.717) is 4.99 Å². The molecule has 3 nitrogen and oxygen atoms in total.